The molecule has 0 bridgehead atoms. The lowest BCUT2D eigenvalue weighted by molar-refractivity contribution is 0.597. The fraction of sp³-hybridized carbons (Fsp3) is 0.0500. The molecule has 0 aliphatic heterocycles. The molecule has 0 atom stereocenters. The van der Waals surface area contributed by atoms with E-state index in [9.17, 15) is 8.42 Å². The first-order chi connectivity index (χ1) is 12.1. The minimum atomic E-state index is -3.56. The zero-order valence-corrected chi connectivity index (χ0v) is 14.2. The van der Waals surface area contributed by atoms with E-state index < -0.39 is 9.84 Å². The molecule has 5 heteroatoms. The number of fused-ring (bicyclic) bond motifs is 1. The molecule has 25 heavy (non-hydrogen) atoms. The van der Waals surface area contributed by atoms with Gasteiger partial charge in [0, 0.05) is 24.3 Å². The molecule has 0 unspecified atom stereocenters. The fourth-order valence-electron chi connectivity index (χ4n) is 2.92. The van der Waals surface area contributed by atoms with E-state index in [2.05, 4.69) is 4.98 Å². The van der Waals surface area contributed by atoms with Crippen molar-refractivity contribution in [2.75, 3.05) is 0 Å². The largest absolute Gasteiger partial charge is 0.333 e. The van der Waals surface area contributed by atoms with Crippen LogP contribution in [-0.4, -0.2) is 18.0 Å². The minimum absolute atomic E-state index is 0.304. The summed E-state index contributed by atoms with van der Waals surface area (Å²) in [5.41, 5.74) is 1.02. The van der Waals surface area contributed by atoms with Crippen molar-refractivity contribution in [1.82, 2.24) is 9.55 Å². The summed E-state index contributed by atoms with van der Waals surface area (Å²) in [5, 5.41) is 1.66. The molecule has 1 aromatic heterocycles. The quantitative estimate of drug-likeness (QED) is 0.562. The molecule has 0 aliphatic carbocycles. The second-order valence-electron chi connectivity index (χ2n) is 5.86. The van der Waals surface area contributed by atoms with E-state index >= 15 is 0 Å². The average molecular weight is 348 g/mol. The number of rotatable bonds is 4. The van der Waals surface area contributed by atoms with Crippen LogP contribution in [0.4, 0.5) is 0 Å². The Morgan fingerprint density at radius 1 is 0.880 bits per heavy atom. The van der Waals surface area contributed by atoms with Crippen LogP contribution >= 0.6 is 0 Å². The molecule has 0 fully saturated rings. The molecular formula is C20H16N2O2S. The van der Waals surface area contributed by atoms with Crippen LogP contribution in [0.1, 0.15) is 5.56 Å². The Kier molecular flexibility index (Phi) is 3.86. The third kappa shape index (κ3) is 2.94. The summed E-state index contributed by atoms with van der Waals surface area (Å²) in [6.07, 6.45) is 5.33. The van der Waals surface area contributed by atoms with Gasteiger partial charge in [-0.3, -0.25) is 0 Å². The van der Waals surface area contributed by atoms with Crippen molar-refractivity contribution in [2.24, 2.45) is 0 Å². The zero-order chi connectivity index (χ0) is 17.3. The van der Waals surface area contributed by atoms with Gasteiger partial charge in [0.15, 0.2) is 0 Å². The van der Waals surface area contributed by atoms with Gasteiger partial charge in [0.25, 0.3) is 0 Å². The fourth-order valence-corrected chi connectivity index (χ4v) is 4.40. The van der Waals surface area contributed by atoms with Crippen LogP contribution in [-0.2, 0) is 16.4 Å². The van der Waals surface area contributed by atoms with E-state index in [0.29, 0.717) is 16.3 Å². The van der Waals surface area contributed by atoms with Gasteiger partial charge in [-0.2, -0.15) is 0 Å². The number of hydrogen-bond acceptors (Lipinski definition) is 3. The molecular weight excluding hydrogens is 332 g/mol. The number of sulfone groups is 1. The maximum absolute atomic E-state index is 13.1. The lowest BCUT2D eigenvalue weighted by Crippen LogP contribution is -2.03. The first kappa shape index (κ1) is 15.6. The van der Waals surface area contributed by atoms with Crippen molar-refractivity contribution in [3.63, 3.8) is 0 Å². The highest BCUT2D eigenvalue weighted by Crippen LogP contribution is 2.28. The monoisotopic (exact) mass is 348 g/mol. The number of benzene rings is 3. The SMILES string of the molecule is O=S(=O)(c1ccc(Cn2ccnc2)cc1)c1cccc2ccccc12. The molecule has 1 heterocycles. The van der Waals surface area contributed by atoms with E-state index in [4.69, 9.17) is 0 Å². The van der Waals surface area contributed by atoms with Crippen LogP contribution in [0.15, 0.2) is 95.2 Å². The Hall–Kier alpha value is -2.92. The maximum Gasteiger partial charge on any atom is 0.207 e. The molecule has 0 aliphatic rings. The first-order valence-electron chi connectivity index (χ1n) is 7.92. The predicted octanol–water partition coefficient (Wildman–Crippen LogP) is 3.92. The van der Waals surface area contributed by atoms with Gasteiger partial charge in [-0.1, -0.05) is 48.5 Å². The van der Waals surface area contributed by atoms with Crippen LogP contribution < -0.4 is 0 Å². The summed E-state index contributed by atoms with van der Waals surface area (Å²) in [4.78, 5) is 4.66. The minimum Gasteiger partial charge on any atom is -0.333 e. The maximum atomic E-state index is 13.1. The summed E-state index contributed by atoms with van der Waals surface area (Å²) >= 11 is 0. The van der Waals surface area contributed by atoms with Crippen LogP contribution in [0.5, 0.6) is 0 Å². The summed E-state index contributed by atoms with van der Waals surface area (Å²) in [6.45, 7) is 0.661. The van der Waals surface area contributed by atoms with Gasteiger partial charge >= 0.3 is 0 Å². The highest BCUT2D eigenvalue weighted by molar-refractivity contribution is 7.91. The number of aromatic nitrogens is 2. The van der Waals surface area contributed by atoms with Gasteiger partial charge in [-0.05, 0) is 29.1 Å². The van der Waals surface area contributed by atoms with Gasteiger partial charge < -0.3 is 4.57 Å². The molecule has 4 rings (SSSR count). The van der Waals surface area contributed by atoms with Crippen LogP contribution in [0.25, 0.3) is 10.8 Å². The van der Waals surface area contributed by atoms with Gasteiger partial charge in [-0.25, -0.2) is 13.4 Å². The van der Waals surface area contributed by atoms with Crippen molar-refractivity contribution in [3.05, 3.63) is 91.0 Å². The second kappa shape index (κ2) is 6.18. The van der Waals surface area contributed by atoms with Gasteiger partial charge in [-0.15, -0.1) is 0 Å². The summed E-state index contributed by atoms with van der Waals surface area (Å²) in [5.74, 6) is 0. The Labute approximate surface area is 146 Å². The third-order valence-corrected chi connectivity index (χ3v) is 6.02. The normalized spacial score (nSPS) is 11.7. The van der Waals surface area contributed by atoms with E-state index in [1.165, 1.54) is 0 Å². The van der Waals surface area contributed by atoms with E-state index in [1.807, 2.05) is 53.2 Å². The Morgan fingerprint density at radius 2 is 1.64 bits per heavy atom. The van der Waals surface area contributed by atoms with Crippen molar-refractivity contribution in [2.45, 2.75) is 16.3 Å². The Bertz CT molecular complexity index is 1110. The van der Waals surface area contributed by atoms with E-state index in [0.717, 1.165) is 16.3 Å². The molecule has 0 spiro atoms. The topological polar surface area (TPSA) is 52.0 Å². The van der Waals surface area contributed by atoms with Gasteiger partial charge in [0.2, 0.25) is 9.84 Å². The molecule has 124 valence electrons. The molecule has 3 aromatic carbocycles. The molecule has 0 N–H and O–H groups in total. The van der Waals surface area contributed by atoms with Crippen molar-refractivity contribution >= 4 is 20.6 Å². The number of hydrogen-bond donors (Lipinski definition) is 0. The van der Waals surface area contributed by atoms with E-state index in [-0.39, 0.29) is 0 Å². The number of nitrogens with zero attached hydrogens (tertiary/aromatic N) is 2. The van der Waals surface area contributed by atoms with Crippen molar-refractivity contribution in [1.29, 1.82) is 0 Å². The predicted molar refractivity (Wildman–Crippen MR) is 97.2 cm³/mol. The number of imidazole rings is 1. The standard InChI is InChI=1S/C20H16N2O2S/c23-25(24,20-7-3-5-17-4-1-2-6-19(17)20)18-10-8-16(9-11-18)14-22-13-12-21-15-22/h1-13,15H,14H2. The van der Waals surface area contributed by atoms with Gasteiger partial charge in [0.05, 0.1) is 16.1 Å². The summed E-state index contributed by atoms with van der Waals surface area (Å²) < 4.78 is 28.1. The Balaban J connectivity index is 1.72. The van der Waals surface area contributed by atoms with Crippen molar-refractivity contribution in [3.8, 4) is 0 Å². The molecule has 4 aromatic rings. The van der Waals surface area contributed by atoms with E-state index in [1.54, 1.807) is 36.8 Å². The molecule has 0 saturated carbocycles. The van der Waals surface area contributed by atoms with Crippen LogP contribution in [0, 0.1) is 0 Å². The van der Waals surface area contributed by atoms with Crippen LogP contribution in [0.3, 0.4) is 0 Å². The van der Waals surface area contributed by atoms with Crippen molar-refractivity contribution < 1.29 is 8.42 Å². The summed E-state index contributed by atoms with van der Waals surface area (Å²) in [7, 11) is -3.56. The lowest BCUT2D eigenvalue weighted by atomic mass is 10.1. The molecule has 0 amide bonds. The third-order valence-electron chi connectivity index (χ3n) is 4.20. The molecule has 0 radical (unpaired) electrons. The smallest absolute Gasteiger partial charge is 0.207 e. The average Bonchev–Trinajstić information content (AvgIpc) is 3.15. The summed E-state index contributed by atoms with van der Waals surface area (Å²) in [6, 6.07) is 19.9. The zero-order valence-electron chi connectivity index (χ0n) is 13.4. The Morgan fingerprint density at radius 3 is 2.40 bits per heavy atom. The first-order valence-corrected chi connectivity index (χ1v) is 9.40. The molecule has 0 saturated heterocycles. The van der Waals surface area contributed by atoms with Crippen LogP contribution in [0.2, 0.25) is 0 Å². The second-order valence-corrected chi connectivity index (χ2v) is 7.78. The van der Waals surface area contributed by atoms with Gasteiger partial charge in [0.1, 0.15) is 0 Å². The highest BCUT2D eigenvalue weighted by Gasteiger charge is 2.19. The molecule has 4 nitrogen and oxygen atoms in total. The lowest BCUT2D eigenvalue weighted by Gasteiger charge is -2.09. The highest BCUT2D eigenvalue weighted by atomic mass is 32.2.